The van der Waals surface area contributed by atoms with Crippen molar-refractivity contribution in [2.24, 2.45) is 0 Å². The van der Waals surface area contributed by atoms with Crippen LogP contribution in [0.4, 0.5) is 13.2 Å². The number of aromatic nitrogens is 1. The minimum absolute atomic E-state index is 0.0209. The van der Waals surface area contributed by atoms with Gasteiger partial charge in [0.2, 0.25) is 5.91 Å². The molecule has 0 radical (unpaired) electrons. The van der Waals surface area contributed by atoms with Crippen molar-refractivity contribution < 1.29 is 22.7 Å². The second kappa shape index (κ2) is 9.54. The van der Waals surface area contributed by atoms with Crippen LogP contribution in [0.2, 0.25) is 0 Å². The first-order valence-electron chi connectivity index (χ1n) is 8.79. The van der Waals surface area contributed by atoms with Gasteiger partial charge in [-0.15, -0.1) is 0 Å². The van der Waals surface area contributed by atoms with E-state index in [0.717, 1.165) is 12.1 Å². The van der Waals surface area contributed by atoms with Crippen molar-refractivity contribution in [2.75, 3.05) is 6.54 Å². The van der Waals surface area contributed by atoms with Crippen LogP contribution in [-0.4, -0.2) is 17.4 Å². The van der Waals surface area contributed by atoms with Crippen LogP contribution in [0.25, 0.3) is 6.08 Å². The highest BCUT2D eigenvalue weighted by Crippen LogP contribution is 2.24. The minimum Gasteiger partial charge on any atom is -0.453 e. The molecule has 0 aliphatic rings. The Balaban J connectivity index is 1.54. The summed E-state index contributed by atoms with van der Waals surface area (Å²) >= 11 is 0. The number of halogens is 3. The maximum atomic E-state index is 14.2. The highest BCUT2D eigenvalue weighted by Gasteiger charge is 2.08. The third-order valence-corrected chi connectivity index (χ3v) is 3.98. The van der Waals surface area contributed by atoms with Gasteiger partial charge in [-0.25, -0.2) is 13.2 Å². The summed E-state index contributed by atoms with van der Waals surface area (Å²) in [6.07, 6.45) is 5.71. The number of ether oxygens (including phenoxy) is 1. The normalized spacial score (nSPS) is 10.9. The van der Waals surface area contributed by atoms with Gasteiger partial charge >= 0.3 is 0 Å². The smallest absolute Gasteiger partial charge is 0.244 e. The first-order valence-corrected chi connectivity index (χ1v) is 8.79. The monoisotopic (exact) mass is 398 g/mol. The van der Waals surface area contributed by atoms with E-state index < -0.39 is 23.4 Å². The molecule has 1 heterocycles. The average molecular weight is 398 g/mol. The predicted octanol–water partition coefficient (Wildman–Crippen LogP) is 4.66. The van der Waals surface area contributed by atoms with E-state index in [-0.39, 0.29) is 24.3 Å². The first kappa shape index (κ1) is 20.1. The Hall–Kier alpha value is -3.61. The van der Waals surface area contributed by atoms with Crippen molar-refractivity contribution >= 4 is 12.0 Å². The standard InChI is InChI=1S/C22H17F3N2O2/c23-18-4-1-5-19(24)17(18)10-12-27-22(28)9-7-15-6-8-21(20(25)13-15)29-16-3-2-11-26-14-16/h1-9,11,13-14H,10,12H2,(H,27,28)/b9-7+. The molecule has 1 N–H and O–H groups in total. The van der Waals surface area contributed by atoms with Gasteiger partial charge in [0.1, 0.15) is 17.4 Å². The van der Waals surface area contributed by atoms with Gasteiger partial charge in [-0.1, -0.05) is 12.1 Å². The molecule has 0 saturated carbocycles. The lowest BCUT2D eigenvalue weighted by Crippen LogP contribution is -2.24. The summed E-state index contributed by atoms with van der Waals surface area (Å²) in [5.41, 5.74) is 0.374. The molecule has 1 aromatic heterocycles. The molecule has 0 spiro atoms. The molecule has 0 unspecified atom stereocenters. The Labute approximate surface area is 165 Å². The molecule has 3 rings (SSSR count). The lowest BCUT2D eigenvalue weighted by molar-refractivity contribution is -0.116. The lowest BCUT2D eigenvalue weighted by atomic mass is 10.1. The van der Waals surface area contributed by atoms with Crippen molar-refractivity contribution in [2.45, 2.75) is 6.42 Å². The molecule has 0 aliphatic carbocycles. The molecule has 4 nitrogen and oxygen atoms in total. The number of hydrogen-bond acceptors (Lipinski definition) is 3. The van der Waals surface area contributed by atoms with Gasteiger partial charge in [-0.05, 0) is 54.5 Å². The fraction of sp³-hybridized carbons (Fsp3) is 0.0909. The Morgan fingerprint density at radius 3 is 2.52 bits per heavy atom. The van der Waals surface area contributed by atoms with E-state index in [2.05, 4.69) is 10.3 Å². The highest BCUT2D eigenvalue weighted by atomic mass is 19.1. The van der Waals surface area contributed by atoms with Crippen LogP contribution in [0.15, 0.2) is 67.0 Å². The second-order valence-corrected chi connectivity index (χ2v) is 6.06. The number of nitrogens with zero attached hydrogens (tertiary/aromatic N) is 1. The molecule has 148 valence electrons. The van der Waals surface area contributed by atoms with Crippen molar-refractivity contribution in [3.05, 3.63) is 95.6 Å². The third-order valence-electron chi connectivity index (χ3n) is 3.98. The molecule has 3 aromatic rings. The van der Waals surface area contributed by atoms with Gasteiger partial charge in [0.05, 0.1) is 6.20 Å². The number of carbonyl (C=O) groups excluding carboxylic acids is 1. The summed E-state index contributed by atoms with van der Waals surface area (Å²) in [5, 5.41) is 2.53. The maximum absolute atomic E-state index is 14.2. The summed E-state index contributed by atoms with van der Waals surface area (Å²) < 4.78 is 46.7. The number of benzene rings is 2. The van der Waals surface area contributed by atoms with Crippen molar-refractivity contribution in [3.63, 3.8) is 0 Å². The van der Waals surface area contributed by atoms with E-state index >= 15 is 0 Å². The summed E-state index contributed by atoms with van der Waals surface area (Å²) in [5.74, 6) is -1.92. The molecular weight excluding hydrogens is 381 g/mol. The Kier molecular flexibility index (Phi) is 6.63. The number of pyridine rings is 1. The number of rotatable bonds is 7. The molecule has 0 atom stereocenters. The van der Waals surface area contributed by atoms with E-state index in [1.54, 1.807) is 24.4 Å². The van der Waals surface area contributed by atoms with Crippen LogP contribution in [0, 0.1) is 17.5 Å². The first-order chi connectivity index (χ1) is 14.0. The lowest BCUT2D eigenvalue weighted by Gasteiger charge is -2.07. The Bertz CT molecular complexity index is 1000. The molecule has 0 aliphatic heterocycles. The topological polar surface area (TPSA) is 51.2 Å². The molecule has 0 fully saturated rings. The molecular formula is C22H17F3N2O2. The summed E-state index contributed by atoms with van der Waals surface area (Å²) in [6, 6.07) is 11.2. The number of nitrogens with one attached hydrogen (secondary N) is 1. The number of hydrogen-bond donors (Lipinski definition) is 1. The molecule has 0 saturated heterocycles. The predicted molar refractivity (Wildman–Crippen MR) is 103 cm³/mol. The van der Waals surface area contributed by atoms with Gasteiger partial charge in [-0.3, -0.25) is 9.78 Å². The zero-order valence-electron chi connectivity index (χ0n) is 15.2. The van der Waals surface area contributed by atoms with Crippen LogP contribution in [0.1, 0.15) is 11.1 Å². The van der Waals surface area contributed by atoms with Gasteiger partial charge in [0, 0.05) is 24.4 Å². The molecule has 0 bridgehead atoms. The van der Waals surface area contributed by atoms with Crippen molar-refractivity contribution in [1.29, 1.82) is 0 Å². The van der Waals surface area contributed by atoms with E-state index in [9.17, 15) is 18.0 Å². The Morgan fingerprint density at radius 1 is 1.03 bits per heavy atom. The minimum atomic E-state index is -0.654. The van der Waals surface area contributed by atoms with E-state index in [1.807, 2.05) is 0 Å². The quantitative estimate of drug-likeness (QED) is 0.589. The molecule has 2 aromatic carbocycles. The van der Waals surface area contributed by atoms with Crippen molar-refractivity contribution in [1.82, 2.24) is 10.3 Å². The highest BCUT2D eigenvalue weighted by molar-refractivity contribution is 5.91. The van der Waals surface area contributed by atoms with Gasteiger partial charge in [-0.2, -0.15) is 0 Å². The third kappa shape index (κ3) is 5.68. The number of carbonyl (C=O) groups is 1. The zero-order valence-corrected chi connectivity index (χ0v) is 15.2. The van der Waals surface area contributed by atoms with Crippen LogP contribution in [-0.2, 0) is 11.2 Å². The SMILES string of the molecule is O=C(/C=C/c1ccc(Oc2cccnc2)c(F)c1)NCCc1c(F)cccc1F. The largest absolute Gasteiger partial charge is 0.453 e. The second-order valence-electron chi connectivity index (χ2n) is 6.06. The fourth-order valence-electron chi connectivity index (χ4n) is 2.55. The Morgan fingerprint density at radius 2 is 1.83 bits per heavy atom. The van der Waals surface area contributed by atoms with Gasteiger partial charge in [0.15, 0.2) is 11.6 Å². The average Bonchev–Trinajstić information content (AvgIpc) is 2.71. The number of amides is 1. The van der Waals surface area contributed by atoms with Crippen LogP contribution in [0.3, 0.4) is 0 Å². The van der Waals surface area contributed by atoms with E-state index in [4.69, 9.17) is 4.74 Å². The van der Waals surface area contributed by atoms with E-state index in [1.165, 1.54) is 36.5 Å². The van der Waals surface area contributed by atoms with Crippen molar-refractivity contribution in [3.8, 4) is 11.5 Å². The summed E-state index contributed by atoms with van der Waals surface area (Å²) in [4.78, 5) is 15.7. The fourth-order valence-corrected chi connectivity index (χ4v) is 2.55. The summed E-state index contributed by atoms with van der Waals surface area (Å²) in [7, 11) is 0. The molecule has 7 heteroatoms. The van der Waals surface area contributed by atoms with E-state index in [0.29, 0.717) is 11.3 Å². The van der Waals surface area contributed by atoms with Gasteiger partial charge < -0.3 is 10.1 Å². The van der Waals surface area contributed by atoms with Crippen LogP contribution in [0.5, 0.6) is 11.5 Å². The van der Waals surface area contributed by atoms with Crippen LogP contribution >= 0.6 is 0 Å². The molecule has 1 amide bonds. The zero-order chi connectivity index (χ0) is 20.6. The molecule has 29 heavy (non-hydrogen) atoms. The van der Waals surface area contributed by atoms with Crippen LogP contribution < -0.4 is 10.1 Å². The summed E-state index contributed by atoms with van der Waals surface area (Å²) in [6.45, 7) is 0.0628. The maximum Gasteiger partial charge on any atom is 0.244 e. The van der Waals surface area contributed by atoms with Gasteiger partial charge in [0.25, 0.3) is 0 Å².